The molecule has 320 valence electrons. The van der Waals surface area contributed by atoms with E-state index >= 15 is 0 Å². The molecule has 0 bridgehead atoms. The summed E-state index contributed by atoms with van der Waals surface area (Å²) < 4.78 is 146. The van der Waals surface area contributed by atoms with Crippen LogP contribution in [0.4, 0.5) is 43.4 Å². The summed E-state index contributed by atoms with van der Waals surface area (Å²) in [6, 6.07) is 18.2. The third kappa shape index (κ3) is 19.2. The maximum absolute atomic E-state index is 12.0. The van der Waals surface area contributed by atoms with Crippen LogP contribution in [0.25, 0.3) is 0 Å². The average Bonchev–Trinajstić information content (AvgIpc) is 3.12. The van der Waals surface area contributed by atoms with Crippen molar-refractivity contribution >= 4 is 12.1 Å². The Morgan fingerprint density at radius 2 is 0.667 bits per heavy atom. The Morgan fingerprint density at radius 1 is 0.456 bits per heavy atom. The highest BCUT2D eigenvalue weighted by molar-refractivity contribution is 7.93. The highest BCUT2D eigenvalue weighted by Gasteiger charge is 2.33. The summed E-state index contributed by atoms with van der Waals surface area (Å²) in [5, 5.41) is 9.94. The number of morpholine rings is 3. The van der Waals surface area contributed by atoms with E-state index in [0.29, 0.717) is 39.6 Å². The SMILES string of the molecule is CC1COCC(c2ccc(OC(F)(F)F)cc2)N1.CSF.C[C@@H]1COC[C@H](c2ccc(OC(F)(F)F)cc2)N1.C[C@H]1COC[C@@H](c2ccc(OC(F)(F)F)cc2)N1. The van der Waals surface area contributed by atoms with Gasteiger partial charge in [0.15, 0.2) is 0 Å². The molecule has 6 atom stereocenters. The van der Waals surface area contributed by atoms with Crippen LogP contribution in [0.3, 0.4) is 0 Å². The molecule has 57 heavy (non-hydrogen) atoms. The smallest absolute Gasteiger partial charge is 0.406 e. The van der Waals surface area contributed by atoms with Gasteiger partial charge in [-0.25, -0.2) is 0 Å². The summed E-state index contributed by atoms with van der Waals surface area (Å²) in [4.78, 5) is 0. The lowest BCUT2D eigenvalue weighted by Crippen LogP contribution is -2.41. The number of rotatable bonds is 6. The van der Waals surface area contributed by atoms with Gasteiger partial charge in [0, 0.05) is 36.5 Å². The Morgan fingerprint density at radius 3 is 0.842 bits per heavy atom. The van der Waals surface area contributed by atoms with E-state index in [1.165, 1.54) is 42.7 Å². The molecule has 3 aliphatic rings. The van der Waals surface area contributed by atoms with E-state index in [1.807, 2.05) is 20.8 Å². The van der Waals surface area contributed by atoms with Crippen LogP contribution in [0, 0.1) is 0 Å². The van der Waals surface area contributed by atoms with Gasteiger partial charge < -0.3 is 44.4 Å². The Hall–Kier alpha value is -3.53. The molecule has 3 heterocycles. The van der Waals surface area contributed by atoms with Crippen LogP contribution in [0.2, 0.25) is 0 Å². The minimum Gasteiger partial charge on any atom is -0.406 e. The number of alkyl halides is 9. The first-order valence-corrected chi connectivity index (χ1v) is 18.6. The predicted molar refractivity (Wildman–Crippen MR) is 192 cm³/mol. The molecule has 3 aliphatic heterocycles. The molecule has 0 aromatic heterocycles. The molecule has 3 aromatic carbocycles. The molecule has 6 rings (SSSR count). The molecule has 3 aromatic rings. The quantitative estimate of drug-likeness (QED) is 0.209. The highest BCUT2D eigenvalue weighted by Crippen LogP contribution is 2.28. The van der Waals surface area contributed by atoms with Crippen molar-refractivity contribution in [2.24, 2.45) is 0 Å². The van der Waals surface area contributed by atoms with Gasteiger partial charge in [0.2, 0.25) is 0 Å². The van der Waals surface area contributed by atoms with Crippen molar-refractivity contribution in [1.29, 1.82) is 0 Å². The van der Waals surface area contributed by atoms with Crippen LogP contribution >= 0.6 is 12.1 Å². The van der Waals surface area contributed by atoms with Crippen molar-refractivity contribution in [2.45, 2.75) is 76.1 Å². The average molecular weight is 850 g/mol. The van der Waals surface area contributed by atoms with Crippen molar-refractivity contribution in [3.63, 3.8) is 0 Å². The number of halogens is 10. The van der Waals surface area contributed by atoms with Crippen molar-refractivity contribution in [3.05, 3.63) is 89.5 Å². The molecular weight excluding hydrogens is 804 g/mol. The minimum absolute atomic E-state index is 0.00804. The molecular formula is C37H45F10N3O6S. The first-order chi connectivity index (χ1) is 26.7. The molecule has 3 fully saturated rings. The second kappa shape index (κ2) is 22.6. The first kappa shape index (κ1) is 47.8. The van der Waals surface area contributed by atoms with Gasteiger partial charge in [-0.15, -0.1) is 39.5 Å². The summed E-state index contributed by atoms with van der Waals surface area (Å²) in [5.41, 5.74) is 2.66. The molecule has 0 radical (unpaired) electrons. The second-order valence-corrected chi connectivity index (χ2v) is 13.3. The fraction of sp³-hybridized carbons (Fsp3) is 0.514. The van der Waals surface area contributed by atoms with E-state index in [4.69, 9.17) is 14.2 Å². The molecule has 2 unspecified atom stereocenters. The van der Waals surface area contributed by atoms with Gasteiger partial charge in [0.1, 0.15) is 17.2 Å². The lowest BCUT2D eigenvalue weighted by molar-refractivity contribution is -0.275. The lowest BCUT2D eigenvalue weighted by atomic mass is 10.1. The van der Waals surface area contributed by atoms with Crippen molar-refractivity contribution in [2.75, 3.05) is 45.9 Å². The van der Waals surface area contributed by atoms with Gasteiger partial charge in [0.25, 0.3) is 0 Å². The van der Waals surface area contributed by atoms with Gasteiger partial charge in [-0.3, -0.25) is 0 Å². The number of hydrogen-bond donors (Lipinski definition) is 3. The Bertz CT molecular complexity index is 1390. The van der Waals surface area contributed by atoms with Gasteiger partial charge in [-0.05, 0) is 73.9 Å². The zero-order chi connectivity index (χ0) is 42.2. The van der Waals surface area contributed by atoms with E-state index in [2.05, 4.69) is 30.2 Å². The fourth-order valence-electron chi connectivity index (χ4n) is 5.69. The summed E-state index contributed by atoms with van der Waals surface area (Å²) in [6.07, 6.45) is -12.6. The summed E-state index contributed by atoms with van der Waals surface area (Å²) in [5.74, 6) is -0.636. The molecule has 0 amide bonds. The topological polar surface area (TPSA) is 91.5 Å². The van der Waals surface area contributed by atoms with Crippen molar-refractivity contribution < 1.29 is 71.8 Å². The monoisotopic (exact) mass is 849 g/mol. The van der Waals surface area contributed by atoms with Crippen LogP contribution in [-0.2, 0) is 14.2 Å². The molecule has 3 N–H and O–H groups in total. The maximum atomic E-state index is 12.0. The van der Waals surface area contributed by atoms with Crippen molar-refractivity contribution in [3.8, 4) is 17.2 Å². The van der Waals surface area contributed by atoms with Crippen molar-refractivity contribution in [1.82, 2.24) is 16.0 Å². The largest absolute Gasteiger partial charge is 0.573 e. The van der Waals surface area contributed by atoms with Gasteiger partial charge in [0.05, 0.1) is 57.8 Å². The van der Waals surface area contributed by atoms with Gasteiger partial charge in [-0.1, -0.05) is 36.4 Å². The molecule has 0 saturated carbocycles. The number of benzene rings is 3. The minimum atomic E-state index is -4.65. The fourth-order valence-corrected chi connectivity index (χ4v) is 5.69. The third-order valence-electron chi connectivity index (χ3n) is 7.96. The van der Waals surface area contributed by atoms with Crippen LogP contribution in [0.15, 0.2) is 72.8 Å². The lowest BCUT2D eigenvalue weighted by Gasteiger charge is -2.29. The standard InChI is InChI=1S/3C12H14F3NO2.CH3FS/c3*1-8-6-17-7-11(16-8)9-2-4-10(5-3-9)18-12(13,14)15;1-3-2/h3*2-5,8,11,16H,6-7H2,1H3;1H3/t2*8-,11-;;/m10../s1. The molecule has 9 nitrogen and oxygen atoms in total. The van der Waals surface area contributed by atoms with E-state index < -0.39 is 19.1 Å². The van der Waals surface area contributed by atoms with E-state index in [9.17, 15) is 43.4 Å². The van der Waals surface area contributed by atoms with Gasteiger partial charge >= 0.3 is 19.1 Å². The highest BCUT2D eigenvalue weighted by atomic mass is 32.2. The third-order valence-corrected chi connectivity index (χ3v) is 7.96. The van der Waals surface area contributed by atoms with E-state index in [1.54, 1.807) is 36.4 Å². The van der Waals surface area contributed by atoms with Crippen LogP contribution < -0.4 is 30.2 Å². The molecule has 0 aliphatic carbocycles. The Balaban J connectivity index is 0.000000221. The Labute approximate surface area is 328 Å². The van der Waals surface area contributed by atoms with Crippen LogP contribution in [0.1, 0.15) is 55.6 Å². The Kier molecular flexibility index (Phi) is 18.9. The zero-order valence-corrected chi connectivity index (χ0v) is 32.1. The summed E-state index contributed by atoms with van der Waals surface area (Å²) in [6.45, 7) is 9.47. The normalized spacial score (nSPS) is 23.9. The maximum Gasteiger partial charge on any atom is 0.573 e. The second-order valence-electron chi connectivity index (χ2n) is 13.0. The number of nitrogens with one attached hydrogen (secondary N) is 3. The first-order valence-electron chi connectivity index (χ1n) is 17.5. The van der Waals surface area contributed by atoms with E-state index in [-0.39, 0.29) is 65.6 Å². The number of hydrogen-bond acceptors (Lipinski definition) is 10. The number of ether oxygens (including phenoxy) is 6. The summed E-state index contributed by atoms with van der Waals surface area (Å²) >= 11 is 0.250. The predicted octanol–water partition coefficient (Wildman–Crippen LogP) is 9.14. The van der Waals surface area contributed by atoms with Crippen LogP contribution in [0.5, 0.6) is 17.2 Å². The van der Waals surface area contributed by atoms with E-state index in [0.717, 1.165) is 16.7 Å². The molecule has 0 spiro atoms. The molecule has 3 saturated heterocycles. The molecule has 20 heteroatoms. The summed E-state index contributed by atoms with van der Waals surface area (Å²) in [7, 11) is 0. The van der Waals surface area contributed by atoms with Gasteiger partial charge in [-0.2, -0.15) is 3.89 Å². The zero-order valence-electron chi connectivity index (χ0n) is 31.3. The van der Waals surface area contributed by atoms with Crippen LogP contribution in [-0.4, -0.2) is 83.1 Å².